The van der Waals surface area contributed by atoms with Gasteiger partial charge in [-0.2, -0.15) is 0 Å². The fraction of sp³-hybridized carbons (Fsp3) is 0.462. The molecule has 1 heterocycles. The molecule has 5 heteroatoms. The zero-order valence-electron chi connectivity index (χ0n) is 10.4. The van der Waals surface area contributed by atoms with Crippen molar-refractivity contribution in [2.75, 3.05) is 25.9 Å². The summed E-state index contributed by atoms with van der Waals surface area (Å²) in [5, 5.41) is 0.424. The first-order chi connectivity index (χ1) is 8.61. The second-order valence-corrected chi connectivity index (χ2v) is 4.87. The molecule has 0 aromatic heterocycles. The number of piperidine rings is 1. The molecule has 1 aromatic carbocycles. The number of hydrogen-bond acceptors (Lipinski definition) is 3. The molecule has 2 rings (SSSR count). The van der Waals surface area contributed by atoms with Gasteiger partial charge in [0.25, 0.3) is 5.91 Å². The summed E-state index contributed by atoms with van der Waals surface area (Å²) < 4.78 is 5.28. The third-order valence-electron chi connectivity index (χ3n) is 3.31. The number of rotatable bonds is 2. The molecule has 0 bridgehead atoms. The molecule has 1 amide bonds. The predicted octanol–water partition coefficient (Wildman–Crippen LogP) is 2.17. The third-order valence-corrected chi connectivity index (χ3v) is 3.64. The number of nitrogens with zero attached hydrogens (tertiary/aromatic N) is 1. The highest BCUT2D eigenvalue weighted by atomic mass is 35.5. The zero-order chi connectivity index (χ0) is 13.1. The van der Waals surface area contributed by atoms with E-state index >= 15 is 0 Å². The van der Waals surface area contributed by atoms with Crippen molar-refractivity contribution in [2.24, 2.45) is 0 Å². The largest absolute Gasteiger partial charge is 0.398 e. The van der Waals surface area contributed by atoms with E-state index in [0.717, 1.165) is 25.9 Å². The van der Waals surface area contributed by atoms with Gasteiger partial charge in [-0.1, -0.05) is 11.6 Å². The Hall–Kier alpha value is -1.26. The lowest BCUT2D eigenvalue weighted by atomic mass is 10.1. The van der Waals surface area contributed by atoms with Crippen LogP contribution in [0.1, 0.15) is 23.2 Å². The maximum atomic E-state index is 12.2. The topological polar surface area (TPSA) is 55.6 Å². The maximum Gasteiger partial charge on any atom is 0.253 e. The summed E-state index contributed by atoms with van der Waals surface area (Å²) in [5.41, 5.74) is 6.71. The van der Waals surface area contributed by atoms with Gasteiger partial charge >= 0.3 is 0 Å². The van der Waals surface area contributed by atoms with Crippen LogP contribution in [0.2, 0.25) is 5.02 Å². The van der Waals surface area contributed by atoms with Gasteiger partial charge in [0.2, 0.25) is 0 Å². The fourth-order valence-corrected chi connectivity index (χ4v) is 2.32. The minimum Gasteiger partial charge on any atom is -0.398 e. The average Bonchev–Trinajstić information content (AvgIpc) is 2.41. The number of ether oxygens (including phenoxy) is 1. The van der Waals surface area contributed by atoms with Crippen molar-refractivity contribution in [1.82, 2.24) is 4.90 Å². The Morgan fingerprint density at radius 3 is 2.67 bits per heavy atom. The van der Waals surface area contributed by atoms with Crippen LogP contribution in [-0.4, -0.2) is 37.1 Å². The van der Waals surface area contributed by atoms with Gasteiger partial charge in [-0.15, -0.1) is 0 Å². The van der Waals surface area contributed by atoms with Gasteiger partial charge in [-0.3, -0.25) is 4.79 Å². The number of likely N-dealkylation sites (tertiary alicyclic amines) is 1. The summed E-state index contributed by atoms with van der Waals surface area (Å²) >= 11 is 5.93. The van der Waals surface area contributed by atoms with E-state index in [1.54, 1.807) is 25.3 Å². The van der Waals surface area contributed by atoms with Crippen LogP contribution >= 0.6 is 11.6 Å². The molecule has 1 saturated heterocycles. The smallest absolute Gasteiger partial charge is 0.253 e. The van der Waals surface area contributed by atoms with E-state index < -0.39 is 0 Å². The van der Waals surface area contributed by atoms with E-state index in [9.17, 15) is 4.79 Å². The Labute approximate surface area is 112 Å². The lowest BCUT2D eigenvalue weighted by molar-refractivity contribution is 0.0351. The highest BCUT2D eigenvalue weighted by molar-refractivity contribution is 6.33. The molecule has 1 aliphatic heterocycles. The Balaban J connectivity index is 2.05. The minimum atomic E-state index is 0.00598. The number of amides is 1. The van der Waals surface area contributed by atoms with E-state index in [0.29, 0.717) is 16.3 Å². The first-order valence-corrected chi connectivity index (χ1v) is 6.36. The van der Waals surface area contributed by atoms with E-state index in [4.69, 9.17) is 22.1 Å². The number of carbonyl (C=O) groups is 1. The van der Waals surface area contributed by atoms with Crippen LogP contribution in [0, 0.1) is 0 Å². The molecule has 0 spiro atoms. The van der Waals surface area contributed by atoms with Crippen LogP contribution in [-0.2, 0) is 4.74 Å². The second kappa shape index (κ2) is 5.59. The normalized spacial score (nSPS) is 16.9. The molecule has 98 valence electrons. The summed E-state index contributed by atoms with van der Waals surface area (Å²) in [4.78, 5) is 14.1. The van der Waals surface area contributed by atoms with Crippen LogP contribution in [0.4, 0.5) is 5.69 Å². The molecule has 0 radical (unpaired) electrons. The Morgan fingerprint density at radius 2 is 2.11 bits per heavy atom. The van der Waals surface area contributed by atoms with Gasteiger partial charge < -0.3 is 15.4 Å². The van der Waals surface area contributed by atoms with Crippen LogP contribution in [0.15, 0.2) is 18.2 Å². The van der Waals surface area contributed by atoms with Crippen molar-refractivity contribution >= 4 is 23.2 Å². The first-order valence-electron chi connectivity index (χ1n) is 5.99. The SMILES string of the molecule is COC1CCN(C(=O)c2ccc(N)c(Cl)c2)CC1. The number of methoxy groups -OCH3 is 1. The van der Waals surface area contributed by atoms with Gasteiger partial charge in [0.05, 0.1) is 16.8 Å². The maximum absolute atomic E-state index is 12.2. The number of halogens is 1. The Bertz CT molecular complexity index is 443. The summed E-state index contributed by atoms with van der Waals surface area (Å²) in [7, 11) is 1.71. The molecule has 0 unspecified atom stereocenters. The summed E-state index contributed by atoms with van der Waals surface area (Å²) in [5.74, 6) is 0.00598. The molecule has 1 aromatic rings. The van der Waals surface area contributed by atoms with Crippen LogP contribution < -0.4 is 5.73 Å². The molecule has 0 saturated carbocycles. The zero-order valence-corrected chi connectivity index (χ0v) is 11.1. The van der Waals surface area contributed by atoms with Crippen molar-refractivity contribution in [3.05, 3.63) is 28.8 Å². The van der Waals surface area contributed by atoms with Crippen molar-refractivity contribution < 1.29 is 9.53 Å². The quantitative estimate of drug-likeness (QED) is 0.837. The molecule has 4 nitrogen and oxygen atoms in total. The molecular weight excluding hydrogens is 252 g/mol. The van der Waals surface area contributed by atoms with Crippen molar-refractivity contribution in [2.45, 2.75) is 18.9 Å². The summed E-state index contributed by atoms with van der Waals surface area (Å²) in [6, 6.07) is 5.01. The molecule has 0 aliphatic carbocycles. The minimum absolute atomic E-state index is 0.00598. The first kappa shape index (κ1) is 13.2. The number of hydrogen-bond donors (Lipinski definition) is 1. The lowest BCUT2D eigenvalue weighted by Gasteiger charge is -2.31. The average molecular weight is 269 g/mol. The number of anilines is 1. The standard InChI is InChI=1S/C13H17ClN2O2/c1-18-10-4-6-16(7-5-10)13(17)9-2-3-12(15)11(14)8-9/h2-3,8,10H,4-7,15H2,1H3. The van der Waals surface area contributed by atoms with Crippen LogP contribution in [0.5, 0.6) is 0 Å². The molecule has 2 N–H and O–H groups in total. The molecule has 1 aliphatic rings. The fourth-order valence-electron chi connectivity index (χ4n) is 2.14. The van der Waals surface area contributed by atoms with E-state index in [2.05, 4.69) is 0 Å². The van der Waals surface area contributed by atoms with Crippen molar-refractivity contribution in [3.63, 3.8) is 0 Å². The van der Waals surface area contributed by atoms with E-state index in [1.165, 1.54) is 0 Å². The lowest BCUT2D eigenvalue weighted by Crippen LogP contribution is -2.40. The number of carbonyl (C=O) groups excluding carboxylic acids is 1. The monoisotopic (exact) mass is 268 g/mol. The molecule has 18 heavy (non-hydrogen) atoms. The van der Waals surface area contributed by atoms with E-state index in [-0.39, 0.29) is 12.0 Å². The number of benzene rings is 1. The molecule has 1 fully saturated rings. The predicted molar refractivity (Wildman–Crippen MR) is 71.8 cm³/mol. The Kier molecular flexibility index (Phi) is 4.09. The van der Waals surface area contributed by atoms with Gasteiger partial charge in [0.15, 0.2) is 0 Å². The van der Waals surface area contributed by atoms with Gasteiger partial charge in [-0.25, -0.2) is 0 Å². The van der Waals surface area contributed by atoms with Crippen molar-refractivity contribution in [1.29, 1.82) is 0 Å². The van der Waals surface area contributed by atoms with Crippen LogP contribution in [0.25, 0.3) is 0 Å². The third kappa shape index (κ3) is 2.76. The molecule has 0 atom stereocenters. The van der Waals surface area contributed by atoms with Gasteiger partial charge in [0.1, 0.15) is 0 Å². The van der Waals surface area contributed by atoms with Gasteiger partial charge in [0, 0.05) is 25.8 Å². The van der Waals surface area contributed by atoms with E-state index in [1.807, 2.05) is 4.90 Å². The highest BCUT2D eigenvalue weighted by Gasteiger charge is 2.23. The van der Waals surface area contributed by atoms with Crippen molar-refractivity contribution in [3.8, 4) is 0 Å². The van der Waals surface area contributed by atoms with Crippen LogP contribution in [0.3, 0.4) is 0 Å². The highest BCUT2D eigenvalue weighted by Crippen LogP contribution is 2.22. The van der Waals surface area contributed by atoms with Gasteiger partial charge in [-0.05, 0) is 31.0 Å². The summed E-state index contributed by atoms with van der Waals surface area (Å²) in [6.45, 7) is 1.44. The second-order valence-electron chi connectivity index (χ2n) is 4.46. The summed E-state index contributed by atoms with van der Waals surface area (Å²) in [6.07, 6.45) is 2.03. The Morgan fingerprint density at radius 1 is 1.44 bits per heavy atom. The molecular formula is C13H17ClN2O2. The number of nitrogens with two attached hydrogens (primary N) is 1. The number of nitrogen functional groups attached to an aromatic ring is 1.